The van der Waals surface area contributed by atoms with Gasteiger partial charge in [0, 0.05) is 35.1 Å². The Labute approximate surface area is 140 Å². The van der Waals surface area contributed by atoms with Gasteiger partial charge in [0.25, 0.3) is 5.91 Å². The molecule has 0 fully saturated rings. The van der Waals surface area contributed by atoms with Crippen molar-refractivity contribution >= 4 is 17.2 Å². The largest absolute Gasteiger partial charge is 0.337 e. The molecule has 0 atom stereocenters. The van der Waals surface area contributed by atoms with Crippen LogP contribution in [0.25, 0.3) is 5.69 Å². The Morgan fingerprint density at radius 2 is 2.00 bits per heavy atom. The van der Waals surface area contributed by atoms with Gasteiger partial charge in [0.15, 0.2) is 0 Å². The monoisotopic (exact) mass is 325 g/mol. The lowest BCUT2D eigenvalue weighted by molar-refractivity contribution is 0.0785. The minimum absolute atomic E-state index is 0.0549. The van der Waals surface area contributed by atoms with E-state index in [1.54, 1.807) is 16.2 Å². The highest BCUT2D eigenvalue weighted by atomic mass is 32.1. The van der Waals surface area contributed by atoms with Crippen LogP contribution in [0.15, 0.2) is 48.8 Å². The van der Waals surface area contributed by atoms with Crippen LogP contribution in [-0.2, 0) is 6.54 Å². The van der Waals surface area contributed by atoms with Gasteiger partial charge in [-0.2, -0.15) is 5.10 Å². The van der Waals surface area contributed by atoms with Crippen LogP contribution in [0.3, 0.4) is 0 Å². The number of para-hydroxylation sites is 1. The third-order valence-electron chi connectivity index (χ3n) is 3.69. The van der Waals surface area contributed by atoms with Gasteiger partial charge in [0.1, 0.15) is 0 Å². The fourth-order valence-corrected chi connectivity index (χ4v) is 3.47. The lowest BCUT2D eigenvalue weighted by Gasteiger charge is -2.16. The van der Waals surface area contributed by atoms with Gasteiger partial charge < -0.3 is 4.90 Å². The van der Waals surface area contributed by atoms with Crippen molar-refractivity contribution in [2.24, 2.45) is 0 Å². The number of thiophene rings is 1. The smallest absolute Gasteiger partial charge is 0.255 e. The second kappa shape index (κ2) is 6.38. The van der Waals surface area contributed by atoms with E-state index in [2.05, 4.69) is 5.10 Å². The predicted molar refractivity (Wildman–Crippen MR) is 93.2 cm³/mol. The minimum Gasteiger partial charge on any atom is -0.337 e. The highest BCUT2D eigenvalue weighted by Gasteiger charge is 2.17. The standard InChI is InChI=1S/C18H19N3OS/c1-13-9-17(14(2)23-13)18(22)20(3)11-15-10-19-21(12-15)16-7-5-4-6-8-16/h4-10,12H,11H2,1-3H3. The van der Waals surface area contributed by atoms with Gasteiger partial charge >= 0.3 is 0 Å². The molecule has 23 heavy (non-hydrogen) atoms. The lowest BCUT2D eigenvalue weighted by Crippen LogP contribution is -2.26. The molecule has 1 amide bonds. The third-order valence-corrected chi connectivity index (χ3v) is 4.66. The fourth-order valence-electron chi connectivity index (χ4n) is 2.56. The molecule has 3 aromatic rings. The van der Waals surface area contributed by atoms with E-state index in [-0.39, 0.29) is 5.91 Å². The molecule has 0 aliphatic rings. The number of rotatable bonds is 4. The number of aryl methyl sites for hydroxylation is 2. The van der Waals surface area contributed by atoms with Crippen molar-refractivity contribution in [2.45, 2.75) is 20.4 Å². The molecule has 0 aliphatic heterocycles. The van der Waals surface area contributed by atoms with Crippen molar-refractivity contribution in [3.05, 3.63) is 69.7 Å². The number of hydrogen-bond acceptors (Lipinski definition) is 3. The first-order chi connectivity index (χ1) is 11.0. The molecule has 0 N–H and O–H groups in total. The molecule has 2 heterocycles. The van der Waals surface area contributed by atoms with Gasteiger partial charge in [-0.05, 0) is 32.0 Å². The number of carbonyl (C=O) groups excluding carboxylic acids is 1. The van der Waals surface area contributed by atoms with E-state index in [0.717, 1.165) is 26.6 Å². The highest BCUT2D eigenvalue weighted by Crippen LogP contribution is 2.22. The summed E-state index contributed by atoms with van der Waals surface area (Å²) in [5.74, 6) is 0.0549. The van der Waals surface area contributed by atoms with E-state index in [1.165, 1.54) is 0 Å². The first-order valence-electron chi connectivity index (χ1n) is 7.46. The van der Waals surface area contributed by atoms with Crippen molar-refractivity contribution in [3.8, 4) is 5.69 Å². The number of hydrogen-bond donors (Lipinski definition) is 0. The Balaban J connectivity index is 1.73. The maximum Gasteiger partial charge on any atom is 0.255 e. The molecule has 3 rings (SSSR count). The van der Waals surface area contributed by atoms with Crippen LogP contribution in [0.4, 0.5) is 0 Å². The Morgan fingerprint density at radius 1 is 1.26 bits per heavy atom. The van der Waals surface area contributed by atoms with Crippen LogP contribution in [0.5, 0.6) is 0 Å². The van der Waals surface area contributed by atoms with Gasteiger partial charge in [-0.25, -0.2) is 4.68 Å². The summed E-state index contributed by atoms with van der Waals surface area (Å²) < 4.78 is 1.83. The summed E-state index contributed by atoms with van der Waals surface area (Å²) in [6.07, 6.45) is 3.77. The van der Waals surface area contributed by atoms with E-state index < -0.39 is 0 Å². The summed E-state index contributed by atoms with van der Waals surface area (Å²) in [6, 6.07) is 11.9. The predicted octanol–water partition coefficient (Wildman–Crippen LogP) is 3.82. The Morgan fingerprint density at radius 3 is 2.65 bits per heavy atom. The molecule has 0 aliphatic carbocycles. The van der Waals surface area contributed by atoms with Gasteiger partial charge in [0.2, 0.25) is 0 Å². The van der Waals surface area contributed by atoms with Gasteiger partial charge in [0.05, 0.1) is 17.4 Å². The topological polar surface area (TPSA) is 38.1 Å². The SMILES string of the molecule is Cc1cc(C(=O)N(C)Cc2cnn(-c3ccccc3)c2)c(C)s1. The summed E-state index contributed by atoms with van der Waals surface area (Å²) >= 11 is 1.66. The number of amides is 1. The first-order valence-corrected chi connectivity index (χ1v) is 8.27. The summed E-state index contributed by atoms with van der Waals surface area (Å²) in [5.41, 5.74) is 2.82. The molecule has 5 heteroatoms. The van der Waals surface area contributed by atoms with Crippen LogP contribution >= 0.6 is 11.3 Å². The van der Waals surface area contributed by atoms with Crippen molar-refractivity contribution in [3.63, 3.8) is 0 Å². The number of nitrogens with zero attached hydrogens (tertiary/aromatic N) is 3. The second-order valence-corrected chi connectivity index (χ2v) is 7.08. The average Bonchev–Trinajstić information content (AvgIpc) is 3.13. The van der Waals surface area contributed by atoms with Crippen molar-refractivity contribution in [2.75, 3.05) is 7.05 Å². The quantitative estimate of drug-likeness (QED) is 0.731. The van der Waals surface area contributed by atoms with Gasteiger partial charge in [-0.15, -0.1) is 11.3 Å². The zero-order valence-corrected chi connectivity index (χ0v) is 14.3. The summed E-state index contributed by atoms with van der Waals surface area (Å²) in [6.45, 7) is 4.56. The molecule has 118 valence electrons. The first kappa shape index (κ1) is 15.5. The summed E-state index contributed by atoms with van der Waals surface area (Å²) in [7, 11) is 1.83. The van der Waals surface area contributed by atoms with E-state index in [4.69, 9.17) is 0 Å². The van der Waals surface area contributed by atoms with Gasteiger partial charge in [-0.3, -0.25) is 4.79 Å². The molecule has 0 saturated carbocycles. The molecule has 0 unspecified atom stereocenters. The molecular weight excluding hydrogens is 306 g/mol. The molecule has 0 bridgehead atoms. The number of benzene rings is 1. The third kappa shape index (κ3) is 3.35. The molecule has 2 aromatic heterocycles. The Bertz CT molecular complexity index is 820. The zero-order valence-electron chi connectivity index (χ0n) is 13.5. The maximum atomic E-state index is 12.6. The maximum absolute atomic E-state index is 12.6. The van der Waals surface area contributed by atoms with Crippen LogP contribution in [0, 0.1) is 13.8 Å². The van der Waals surface area contributed by atoms with E-state index in [0.29, 0.717) is 6.54 Å². The minimum atomic E-state index is 0.0549. The van der Waals surface area contributed by atoms with Crippen LogP contribution in [0.1, 0.15) is 25.7 Å². The van der Waals surface area contributed by atoms with Crippen LogP contribution < -0.4 is 0 Å². The van der Waals surface area contributed by atoms with Gasteiger partial charge in [-0.1, -0.05) is 18.2 Å². The van der Waals surface area contributed by atoms with E-state index in [1.807, 2.05) is 74.4 Å². The molecule has 0 radical (unpaired) electrons. The number of carbonyl (C=O) groups is 1. The Kier molecular flexibility index (Phi) is 4.30. The van der Waals surface area contributed by atoms with E-state index in [9.17, 15) is 4.79 Å². The highest BCUT2D eigenvalue weighted by molar-refractivity contribution is 7.12. The van der Waals surface area contributed by atoms with Crippen molar-refractivity contribution in [1.82, 2.24) is 14.7 Å². The Hall–Kier alpha value is -2.40. The fraction of sp³-hybridized carbons (Fsp3) is 0.222. The second-order valence-electron chi connectivity index (χ2n) is 5.62. The normalized spacial score (nSPS) is 10.7. The average molecular weight is 325 g/mol. The number of aromatic nitrogens is 2. The molecule has 1 aromatic carbocycles. The molecule has 0 spiro atoms. The molecule has 4 nitrogen and oxygen atoms in total. The van der Waals surface area contributed by atoms with Crippen molar-refractivity contribution in [1.29, 1.82) is 0 Å². The molecule has 0 saturated heterocycles. The lowest BCUT2D eigenvalue weighted by atomic mass is 10.2. The summed E-state index contributed by atoms with van der Waals surface area (Å²) in [4.78, 5) is 16.5. The summed E-state index contributed by atoms with van der Waals surface area (Å²) in [5, 5.41) is 4.37. The van der Waals surface area contributed by atoms with Crippen LogP contribution in [0.2, 0.25) is 0 Å². The van der Waals surface area contributed by atoms with E-state index >= 15 is 0 Å². The van der Waals surface area contributed by atoms with Crippen molar-refractivity contribution < 1.29 is 4.79 Å². The zero-order chi connectivity index (χ0) is 16.4. The molecular formula is C18H19N3OS. The van der Waals surface area contributed by atoms with Crippen LogP contribution in [-0.4, -0.2) is 27.6 Å².